The first-order chi connectivity index (χ1) is 13.7. The van der Waals surface area contributed by atoms with E-state index in [1.807, 2.05) is 24.8 Å². The highest BCUT2D eigenvalue weighted by Gasteiger charge is 2.27. The van der Waals surface area contributed by atoms with Crippen LogP contribution in [0.1, 0.15) is 62.2 Å². The topological polar surface area (TPSA) is 46.8 Å². The van der Waals surface area contributed by atoms with Gasteiger partial charge in [-0.1, -0.05) is 44.2 Å². The molecule has 2 aromatic heterocycles. The van der Waals surface area contributed by atoms with Crippen molar-refractivity contribution in [2.75, 3.05) is 13.1 Å². The van der Waals surface area contributed by atoms with Crippen molar-refractivity contribution >= 4 is 0 Å². The van der Waals surface area contributed by atoms with Gasteiger partial charge in [-0.15, -0.1) is 0 Å². The maximum absolute atomic E-state index is 4.98. The summed E-state index contributed by atoms with van der Waals surface area (Å²) in [5.74, 6) is 2.24. The molecule has 0 radical (unpaired) electrons. The molecule has 1 atom stereocenters. The summed E-state index contributed by atoms with van der Waals surface area (Å²) in [6.07, 6.45) is 12.3. The van der Waals surface area contributed by atoms with E-state index in [4.69, 9.17) is 4.98 Å². The zero-order valence-corrected chi connectivity index (χ0v) is 16.8. The summed E-state index contributed by atoms with van der Waals surface area (Å²) in [6, 6.07) is 11.1. The van der Waals surface area contributed by atoms with Gasteiger partial charge in [-0.05, 0) is 44.3 Å². The number of hydrogen-bond acceptors (Lipinski definition) is 4. The van der Waals surface area contributed by atoms with Gasteiger partial charge in [-0.25, -0.2) is 9.97 Å². The Kier molecular flexibility index (Phi) is 5.81. The molecule has 146 valence electrons. The monoisotopic (exact) mass is 375 g/mol. The Hall–Kier alpha value is -2.53. The van der Waals surface area contributed by atoms with Gasteiger partial charge in [0.15, 0.2) is 5.82 Å². The van der Waals surface area contributed by atoms with Crippen LogP contribution in [0.3, 0.4) is 0 Å². The van der Waals surface area contributed by atoms with E-state index in [0.717, 1.165) is 43.3 Å². The summed E-state index contributed by atoms with van der Waals surface area (Å²) in [5.41, 5.74) is 2.50. The SMILES string of the molecule is CC(C)c1nccn1-c1cncc([C@@H]2CCCN2CCCc2ccccc2)n1. The first-order valence-corrected chi connectivity index (χ1v) is 10.4. The van der Waals surface area contributed by atoms with Crippen LogP contribution < -0.4 is 0 Å². The number of benzene rings is 1. The van der Waals surface area contributed by atoms with E-state index in [0.29, 0.717) is 12.0 Å². The van der Waals surface area contributed by atoms with Crippen LogP contribution in [-0.2, 0) is 6.42 Å². The highest BCUT2D eigenvalue weighted by Crippen LogP contribution is 2.31. The quantitative estimate of drug-likeness (QED) is 0.607. The Morgan fingerprint density at radius 2 is 2.00 bits per heavy atom. The fourth-order valence-electron chi connectivity index (χ4n) is 4.14. The first kappa shape index (κ1) is 18.8. The van der Waals surface area contributed by atoms with E-state index >= 15 is 0 Å². The summed E-state index contributed by atoms with van der Waals surface area (Å²) >= 11 is 0. The molecule has 0 spiro atoms. The van der Waals surface area contributed by atoms with Gasteiger partial charge in [-0.3, -0.25) is 14.5 Å². The Bertz CT molecular complexity index is 887. The zero-order valence-electron chi connectivity index (χ0n) is 16.8. The minimum absolute atomic E-state index is 0.349. The lowest BCUT2D eigenvalue weighted by Crippen LogP contribution is -2.26. The van der Waals surface area contributed by atoms with E-state index in [2.05, 4.69) is 63.6 Å². The van der Waals surface area contributed by atoms with Crippen LogP contribution in [0.25, 0.3) is 5.82 Å². The molecule has 5 nitrogen and oxygen atoms in total. The molecule has 0 amide bonds. The smallest absolute Gasteiger partial charge is 0.156 e. The van der Waals surface area contributed by atoms with Crippen molar-refractivity contribution in [3.8, 4) is 5.82 Å². The van der Waals surface area contributed by atoms with Gasteiger partial charge in [0.2, 0.25) is 0 Å². The standard InChI is InChI=1S/C23H29N5/c1-18(2)23-25-12-15-28(23)22-17-24-16-20(26-22)21-11-7-14-27(21)13-6-10-19-8-4-3-5-9-19/h3-5,8-9,12,15-18,21H,6-7,10-11,13-14H2,1-2H3/t21-/m0/s1. The molecule has 0 aliphatic carbocycles. The van der Waals surface area contributed by atoms with Crippen LogP contribution in [0.15, 0.2) is 55.1 Å². The molecule has 5 heteroatoms. The second kappa shape index (κ2) is 8.65. The summed E-state index contributed by atoms with van der Waals surface area (Å²) in [6.45, 7) is 6.56. The van der Waals surface area contributed by atoms with Crippen LogP contribution in [0.4, 0.5) is 0 Å². The van der Waals surface area contributed by atoms with E-state index < -0.39 is 0 Å². The Labute approximate surface area is 167 Å². The molecule has 28 heavy (non-hydrogen) atoms. The van der Waals surface area contributed by atoms with Crippen LogP contribution >= 0.6 is 0 Å². The lowest BCUT2D eigenvalue weighted by atomic mass is 10.1. The number of aryl methyl sites for hydroxylation is 1. The molecule has 1 aliphatic heterocycles. The maximum atomic E-state index is 4.98. The number of likely N-dealkylation sites (tertiary alicyclic amines) is 1. The number of hydrogen-bond donors (Lipinski definition) is 0. The van der Waals surface area contributed by atoms with E-state index in [1.54, 1.807) is 0 Å². The zero-order chi connectivity index (χ0) is 19.3. The van der Waals surface area contributed by atoms with Crippen molar-refractivity contribution in [3.63, 3.8) is 0 Å². The fourth-order valence-corrected chi connectivity index (χ4v) is 4.14. The van der Waals surface area contributed by atoms with Gasteiger partial charge in [0.25, 0.3) is 0 Å². The molecule has 3 aromatic rings. The third kappa shape index (κ3) is 4.14. The molecule has 1 saturated heterocycles. The molecule has 1 fully saturated rings. The van der Waals surface area contributed by atoms with E-state index in [-0.39, 0.29) is 0 Å². The molecule has 4 rings (SSSR count). The highest BCUT2D eigenvalue weighted by molar-refractivity contribution is 5.25. The minimum atomic E-state index is 0.349. The summed E-state index contributed by atoms with van der Waals surface area (Å²) in [4.78, 5) is 16.6. The van der Waals surface area contributed by atoms with Gasteiger partial charge in [0.05, 0.1) is 24.1 Å². The second-order valence-corrected chi connectivity index (χ2v) is 7.90. The molecular formula is C23H29N5. The molecular weight excluding hydrogens is 346 g/mol. The van der Waals surface area contributed by atoms with Crippen molar-refractivity contribution in [2.24, 2.45) is 0 Å². The lowest BCUT2D eigenvalue weighted by Gasteiger charge is -2.24. The average molecular weight is 376 g/mol. The summed E-state index contributed by atoms with van der Waals surface area (Å²) < 4.78 is 2.07. The number of aromatic nitrogens is 4. The summed E-state index contributed by atoms with van der Waals surface area (Å²) in [5, 5.41) is 0. The molecule has 1 aromatic carbocycles. The lowest BCUT2D eigenvalue weighted by molar-refractivity contribution is 0.249. The predicted octanol–water partition coefficient (Wildman–Crippen LogP) is 4.56. The third-order valence-corrected chi connectivity index (χ3v) is 5.53. The molecule has 0 bridgehead atoms. The average Bonchev–Trinajstić information content (AvgIpc) is 3.39. The Morgan fingerprint density at radius 1 is 1.14 bits per heavy atom. The molecule has 1 aliphatic rings. The van der Waals surface area contributed by atoms with Crippen LogP contribution in [-0.4, -0.2) is 37.5 Å². The highest BCUT2D eigenvalue weighted by atomic mass is 15.2. The molecule has 0 saturated carbocycles. The Balaban J connectivity index is 1.46. The van der Waals surface area contributed by atoms with Crippen LogP contribution in [0, 0.1) is 0 Å². The number of imidazole rings is 1. The van der Waals surface area contributed by atoms with Gasteiger partial charge in [0, 0.05) is 18.3 Å². The van der Waals surface area contributed by atoms with Crippen LogP contribution in [0.5, 0.6) is 0 Å². The molecule has 0 unspecified atom stereocenters. The number of rotatable bonds is 7. The van der Waals surface area contributed by atoms with Gasteiger partial charge >= 0.3 is 0 Å². The van der Waals surface area contributed by atoms with Gasteiger partial charge in [0.1, 0.15) is 5.82 Å². The van der Waals surface area contributed by atoms with E-state index in [9.17, 15) is 0 Å². The fraction of sp³-hybridized carbons (Fsp3) is 0.435. The van der Waals surface area contributed by atoms with Crippen molar-refractivity contribution < 1.29 is 0 Å². The number of nitrogens with zero attached hydrogens (tertiary/aromatic N) is 5. The first-order valence-electron chi connectivity index (χ1n) is 10.4. The molecule has 3 heterocycles. The summed E-state index contributed by atoms with van der Waals surface area (Å²) in [7, 11) is 0. The van der Waals surface area contributed by atoms with E-state index in [1.165, 1.54) is 18.4 Å². The van der Waals surface area contributed by atoms with Gasteiger partial charge < -0.3 is 0 Å². The molecule has 0 N–H and O–H groups in total. The Morgan fingerprint density at radius 3 is 2.82 bits per heavy atom. The van der Waals surface area contributed by atoms with Crippen molar-refractivity contribution in [2.45, 2.75) is 51.5 Å². The van der Waals surface area contributed by atoms with Crippen molar-refractivity contribution in [3.05, 3.63) is 72.2 Å². The maximum Gasteiger partial charge on any atom is 0.156 e. The largest absolute Gasteiger partial charge is 0.295 e. The predicted molar refractivity (Wildman–Crippen MR) is 112 cm³/mol. The van der Waals surface area contributed by atoms with Gasteiger partial charge in [-0.2, -0.15) is 0 Å². The van der Waals surface area contributed by atoms with Crippen molar-refractivity contribution in [1.82, 2.24) is 24.4 Å². The van der Waals surface area contributed by atoms with Crippen LogP contribution in [0.2, 0.25) is 0 Å². The minimum Gasteiger partial charge on any atom is -0.295 e. The third-order valence-electron chi connectivity index (χ3n) is 5.53. The normalized spacial score (nSPS) is 17.5. The second-order valence-electron chi connectivity index (χ2n) is 7.90. The van der Waals surface area contributed by atoms with Crippen molar-refractivity contribution in [1.29, 1.82) is 0 Å².